The summed E-state index contributed by atoms with van der Waals surface area (Å²) in [7, 11) is 0. The van der Waals surface area contributed by atoms with Gasteiger partial charge in [0.1, 0.15) is 0 Å². The summed E-state index contributed by atoms with van der Waals surface area (Å²) in [5.41, 5.74) is 0.933. The smallest absolute Gasteiger partial charge is 0.0612 e. The molecule has 0 bridgehead atoms. The maximum atomic E-state index is 8.34. The Hall–Kier alpha value is -1.00. The molecule has 0 saturated carbocycles. The lowest BCUT2D eigenvalue weighted by Gasteiger charge is -1.84. The number of hydrogen-bond acceptors (Lipinski definition) is 1. The van der Waals surface area contributed by atoms with Crippen LogP contribution in [0.3, 0.4) is 0 Å². The van der Waals surface area contributed by atoms with Crippen molar-refractivity contribution in [3.8, 4) is 12.3 Å². The number of terminal acetylenes is 1. The molecular formula is C9H12O. The average molecular weight is 136 g/mol. The van der Waals surface area contributed by atoms with E-state index >= 15 is 0 Å². The van der Waals surface area contributed by atoms with E-state index in [0.717, 1.165) is 12.0 Å². The zero-order chi connectivity index (χ0) is 7.82. The van der Waals surface area contributed by atoms with Crippen LogP contribution in [-0.4, -0.2) is 11.7 Å². The second kappa shape index (κ2) is 6.12. The van der Waals surface area contributed by atoms with Gasteiger partial charge in [0.25, 0.3) is 0 Å². The van der Waals surface area contributed by atoms with Gasteiger partial charge in [0, 0.05) is 0 Å². The molecule has 1 nitrogen and oxygen atoms in total. The molecule has 0 aromatic carbocycles. The molecule has 0 unspecified atom stereocenters. The van der Waals surface area contributed by atoms with Crippen molar-refractivity contribution in [3.05, 3.63) is 23.8 Å². The Morgan fingerprint density at radius 1 is 1.60 bits per heavy atom. The Bertz CT molecular complexity index is 170. The summed E-state index contributed by atoms with van der Waals surface area (Å²) in [4.78, 5) is 0. The Labute approximate surface area is 62.1 Å². The van der Waals surface area contributed by atoms with Gasteiger partial charge in [0.15, 0.2) is 0 Å². The Morgan fingerprint density at radius 2 is 2.30 bits per heavy atom. The predicted molar refractivity (Wildman–Crippen MR) is 43.4 cm³/mol. The molecule has 0 heterocycles. The maximum Gasteiger partial charge on any atom is 0.0612 e. The summed E-state index contributed by atoms with van der Waals surface area (Å²) in [6, 6.07) is 0. The van der Waals surface area contributed by atoms with Gasteiger partial charge in [-0.25, -0.2) is 0 Å². The van der Waals surface area contributed by atoms with Crippen molar-refractivity contribution >= 4 is 0 Å². The highest BCUT2D eigenvalue weighted by Crippen LogP contribution is 1.93. The monoisotopic (exact) mass is 136 g/mol. The predicted octanol–water partition coefficient (Wildman–Crippen LogP) is 1.50. The molecule has 0 aromatic rings. The van der Waals surface area contributed by atoms with Gasteiger partial charge in [-0.15, -0.1) is 6.42 Å². The molecule has 0 rings (SSSR count). The fraction of sp³-hybridized carbons (Fsp3) is 0.333. The highest BCUT2D eigenvalue weighted by molar-refractivity contribution is 5.22. The van der Waals surface area contributed by atoms with Crippen molar-refractivity contribution in [3.63, 3.8) is 0 Å². The van der Waals surface area contributed by atoms with Crippen LogP contribution >= 0.6 is 0 Å². The molecule has 0 fully saturated rings. The van der Waals surface area contributed by atoms with Gasteiger partial charge in [-0.3, -0.25) is 0 Å². The summed E-state index contributed by atoms with van der Waals surface area (Å²) in [5, 5.41) is 8.34. The molecule has 0 spiro atoms. The first kappa shape index (κ1) is 9.00. The third-order valence-electron chi connectivity index (χ3n) is 1.06. The van der Waals surface area contributed by atoms with Gasteiger partial charge < -0.3 is 5.11 Å². The van der Waals surface area contributed by atoms with E-state index < -0.39 is 0 Å². The molecule has 10 heavy (non-hydrogen) atoms. The highest BCUT2D eigenvalue weighted by Gasteiger charge is 1.76. The van der Waals surface area contributed by atoms with E-state index in [-0.39, 0.29) is 6.61 Å². The normalized spacial score (nSPS) is 11.9. The van der Waals surface area contributed by atoms with E-state index in [2.05, 4.69) is 5.92 Å². The number of hydrogen-bond donors (Lipinski definition) is 1. The van der Waals surface area contributed by atoms with Gasteiger partial charge in [-0.1, -0.05) is 24.1 Å². The van der Waals surface area contributed by atoms with E-state index in [9.17, 15) is 0 Å². The number of aliphatic hydroxyl groups is 1. The third-order valence-corrected chi connectivity index (χ3v) is 1.06. The average Bonchev–Trinajstić information content (AvgIpc) is 1.98. The Kier molecular flexibility index (Phi) is 5.51. The minimum absolute atomic E-state index is 0.100. The van der Waals surface area contributed by atoms with E-state index in [1.54, 1.807) is 6.08 Å². The number of allylic oxidation sites excluding steroid dienone is 3. The SMILES string of the molecule is C#C/C(C)=C\C/C=C\CO. The van der Waals surface area contributed by atoms with Crippen LogP contribution in [0.4, 0.5) is 0 Å². The van der Waals surface area contributed by atoms with Gasteiger partial charge in [0.05, 0.1) is 6.61 Å². The van der Waals surface area contributed by atoms with Crippen molar-refractivity contribution in [2.75, 3.05) is 6.61 Å². The first-order valence-corrected chi connectivity index (χ1v) is 3.20. The van der Waals surface area contributed by atoms with Crippen molar-refractivity contribution < 1.29 is 5.11 Å². The Balaban J connectivity index is 3.55. The molecule has 0 saturated heterocycles. The maximum absolute atomic E-state index is 8.34. The van der Waals surface area contributed by atoms with Crippen molar-refractivity contribution in [2.45, 2.75) is 13.3 Å². The van der Waals surface area contributed by atoms with Crippen LogP contribution in [0.5, 0.6) is 0 Å². The van der Waals surface area contributed by atoms with E-state index in [1.807, 2.05) is 19.1 Å². The van der Waals surface area contributed by atoms with Crippen LogP contribution in [0.2, 0.25) is 0 Å². The molecule has 0 atom stereocenters. The molecule has 0 aromatic heterocycles. The topological polar surface area (TPSA) is 20.2 Å². The van der Waals surface area contributed by atoms with Gasteiger partial charge in [-0.2, -0.15) is 0 Å². The number of rotatable bonds is 3. The third kappa shape index (κ3) is 5.14. The quantitative estimate of drug-likeness (QED) is 0.460. The van der Waals surface area contributed by atoms with Crippen LogP contribution in [-0.2, 0) is 0 Å². The van der Waals surface area contributed by atoms with Crippen LogP contribution in [0.25, 0.3) is 0 Å². The zero-order valence-corrected chi connectivity index (χ0v) is 6.17. The van der Waals surface area contributed by atoms with Gasteiger partial charge in [0.2, 0.25) is 0 Å². The first-order chi connectivity index (χ1) is 4.81. The fourth-order valence-corrected chi connectivity index (χ4v) is 0.475. The van der Waals surface area contributed by atoms with E-state index in [0.29, 0.717) is 0 Å². The van der Waals surface area contributed by atoms with E-state index in [4.69, 9.17) is 11.5 Å². The molecule has 1 heteroatoms. The van der Waals surface area contributed by atoms with Gasteiger partial charge >= 0.3 is 0 Å². The fourth-order valence-electron chi connectivity index (χ4n) is 0.475. The molecule has 1 N–H and O–H groups in total. The second-order valence-corrected chi connectivity index (χ2v) is 1.92. The van der Waals surface area contributed by atoms with Crippen LogP contribution in [0.15, 0.2) is 23.8 Å². The molecule has 0 amide bonds. The Morgan fingerprint density at radius 3 is 2.80 bits per heavy atom. The standard InChI is InChI=1S/C9H12O/c1-3-9(2)7-5-4-6-8-10/h1,4,6-7,10H,5,8H2,2H3/b6-4-,9-7-. The molecule has 54 valence electrons. The molecule has 0 aliphatic rings. The summed E-state index contributed by atoms with van der Waals surface area (Å²) in [5.74, 6) is 2.51. The van der Waals surface area contributed by atoms with Crippen LogP contribution < -0.4 is 0 Å². The minimum Gasteiger partial charge on any atom is -0.392 e. The van der Waals surface area contributed by atoms with Crippen molar-refractivity contribution in [1.29, 1.82) is 0 Å². The van der Waals surface area contributed by atoms with Crippen molar-refractivity contribution in [2.24, 2.45) is 0 Å². The van der Waals surface area contributed by atoms with Gasteiger partial charge in [-0.05, 0) is 18.9 Å². The lowest BCUT2D eigenvalue weighted by molar-refractivity contribution is 0.342. The summed E-state index contributed by atoms with van der Waals surface area (Å²) in [6.45, 7) is 1.98. The first-order valence-electron chi connectivity index (χ1n) is 3.20. The lowest BCUT2D eigenvalue weighted by Crippen LogP contribution is -1.71. The van der Waals surface area contributed by atoms with Crippen LogP contribution in [0, 0.1) is 12.3 Å². The molecule has 0 aliphatic carbocycles. The highest BCUT2D eigenvalue weighted by atomic mass is 16.2. The molecule has 0 radical (unpaired) electrons. The summed E-state index contributed by atoms with van der Waals surface area (Å²) < 4.78 is 0. The molecule has 0 aliphatic heterocycles. The number of aliphatic hydroxyl groups excluding tert-OH is 1. The van der Waals surface area contributed by atoms with Crippen LogP contribution in [0.1, 0.15) is 13.3 Å². The molecular weight excluding hydrogens is 124 g/mol. The zero-order valence-electron chi connectivity index (χ0n) is 6.17. The summed E-state index contributed by atoms with van der Waals surface area (Å²) in [6.07, 6.45) is 11.4. The summed E-state index contributed by atoms with van der Waals surface area (Å²) >= 11 is 0. The second-order valence-electron chi connectivity index (χ2n) is 1.92. The lowest BCUT2D eigenvalue weighted by atomic mass is 10.2. The minimum atomic E-state index is 0.100. The largest absolute Gasteiger partial charge is 0.392 e. The van der Waals surface area contributed by atoms with E-state index in [1.165, 1.54) is 0 Å². The van der Waals surface area contributed by atoms with Crippen molar-refractivity contribution in [1.82, 2.24) is 0 Å².